The molecule has 2 amide bonds. The average Bonchev–Trinajstić information content (AvgIpc) is 1.54. The standard InChI is InChI=1S/C23H21N3O10.C23H25N3O6.C10H10Cl2O6.C10H12O8.C8H4O6.C6H6N2O2.C2Cl2O2.C2H6.CH4O/c1-35-22(29)19-17(16(27)11-12-3-7-14(8-4-12)25(31)32)20(23(30)36-2)18(19)21(28)24-13-5-9-15(10-6-13)26(33)34;1-31-22(29)19-17(16(27)11-12-3-5-13(24)6-4-12)20(23(30)32-2)18(19)21(28)26-15-9-7-14(25)8-10-15;1-17-9(15)5-3(7(11)13)6(10(16)18-2)4(5)8(12)14;1-17-9(15)5-3(7(11)12)6(10(16)18-2)4(5)8(13)14;9-5-1-2(6(10)13-5)4-3(1)7(11)14-8(4)12;7-5-1-3-6(4-2-5)8(9)10;3-1(5)2(4)6;2*1-2/h3-10,17-20H,11H2,1-2H3,(H,24,28);3-10,17-20H,11,24-25H2,1-2H3,(H,26,28);3-6H,1-2H3;3-6H,1-2H3,(H,11,12)(H,13,14);1-4H;1-4H,7H2;;1-2H3;2H,1H3. The summed E-state index contributed by atoms with van der Waals surface area (Å²) in [4.78, 5) is 286. The van der Waals surface area contributed by atoms with Crippen molar-refractivity contribution in [3.8, 4) is 0 Å². The quantitative estimate of drug-likeness (QED) is 0.00570. The molecule has 5 aromatic carbocycles. The fourth-order valence-electron chi connectivity index (χ4n) is 15.7. The number of carboxylic acids is 2. The van der Waals surface area contributed by atoms with Crippen LogP contribution in [-0.2, 0) is 166 Å². The van der Waals surface area contributed by atoms with Crippen LogP contribution in [0.4, 0.5) is 45.5 Å². The van der Waals surface area contributed by atoms with Crippen molar-refractivity contribution in [3.63, 3.8) is 0 Å². The van der Waals surface area contributed by atoms with Crippen LogP contribution in [0.5, 0.6) is 0 Å². The molecule has 5 aromatic rings. The highest BCUT2D eigenvalue weighted by Gasteiger charge is 2.73. The first kappa shape index (κ1) is 115. The van der Waals surface area contributed by atoms with E-state index in [0.29, 0.717) is 33.9 Å². The van der Waals surface area contributed by atoms with Crippen LogP contribution >= 0.6 is 46.4 Å². The number of carboxylic acid groups (broad SMARTS) is 2. The maximum Gasteiger partial charge on any atom is 0.318 e. The number of aliphatic hydroxyl groups excluding tert-OH is 1. The molecule has 53 heteroatoms. The third kappa shape index (κ3) is 27.5. The molecule has 5 saturated carbocycles. The number of nitrogens with one attached hydrogen (secondary N) is 2. The fourth-order valence-corrected chi connectivity index (χ4v) is 16.3. The van der Waals surface area contributed by atoms with Crippen LogP contribution in [0.15, 0.2) is 121 Å². The van der Waals surface area contributed by atoms with E-state index in [1.165, 1.54) is 87.0 Å². The number of nitro benzene ring substituents is 3. The second-order valence-electron chi connectivity index (χ2n) is 29.2. The lowest BCUT2D eigenvalue weighted by atomic mass is 9.54. The number of carbonyl (C=O) groups excluding carboxylic acids is 20. The van der Waals surface area contributed by atoms with E-state index in [1.807, 2.05) is 13.8 Å². The molecule has 2 aliphatic heterocycles. The van der Waals surface area contributed by atoms with Gasteiger partial charge >= 0.3 is 94.1 Å². The minimum atomic E-state index is -1.44. The molecule has 138 heavy (non-hydrogen) atoms. The molecule has 7 fully saturated rings. The van der Waals surface area contributed by atoms with Gasteiger partial charge in [0.25, 0.3) is 17.1 Å². The third-order valence-electron chi connectivity index (χ3n) is 22.1. The van der Waals surface area contributed by atoms with Gasteiger partial charge in [-0.25, -0.2) is 0 Å². The lowest BCUT2D eigenvalue weighted by Gasteiger charge is -2.46. The number of amides is 2. The number of hydrogen-bond donors (Lipinski definition) is 8. The number of rotatable bonds is 26. The molecule has 0 bridgehead atoms. The first-order chi connectivity index (χ1) is 65.0. The molecule has 2 saturated heterocycles. The number of carbonyl (C=O) groups is 22. The number of nitro groups is 3. The van der Waals surface area contributed by atoms with Gasteiger partial charge in [-0.2, -0.15) is 0 Å². The monoisotopic (exact) mass is 2020 g/mol. The topological polar surface area (TPSA) is 760 Å². The van der Waals surface area contributed by atoms with Gasteiger partial charge in [-0.15, -0.1) is 0 Å². The molecule has 49 nitrogen and oxygen atoms in total. The number of cyclic esters (lactones) is 4. The zero-order valence-electron chi connectivity index (χ0n) is 73.9. The molecular formula is C85H88Cl4N8O41. The van der Waals surface area contributed by atoms with Gasteiger partial charge in [0.2, 0.25) is 22.3 Å². The highest BCUT2D eigenvalue weighted by molar-refractivity contribution is 6.97. The van der Waals surface area contributed by atoms with Gasteiger partial charge < -0.3 is 90.5 Å². The molecule has 7 aliphatic rings. The molecule has 4 atom stereocenters. The minimum Gasteiger partial charge on any atom is -0.481 e. The highest BCUT2D eigenvalue weighted by Crippen LogP contribution is 2.56. The average molecular weight is 2020 g/mol. The van der Waals surface area contributed by atoms with E-state index in [2.05, 4.69) is 62.3 Å². The number of aliphatic carboxylic acids is 2. The summed E-state index contributed by atoms with van der Waals surface area (Å²) < 4.78 is 45.6. The summed E-state index contributed by atoms with van der Waals surface area (Å²) in [6.07, 6.45) is -0.279. The van der Waals surface area contributed by atoms with E-state index in [4.69, 9.17) is 74.7 Å². The normalized spacial score (nSPS) is 23.7. The first-order valence-electron chi connectivity index (χ1n) is 39.7. The number of benzene rings is 5. The van der Waals surface area contributed by atoms with Crippen molar-refractivity contribution >= 4 is 220 Å². The van der Waals surface area contributed by atoms with E-state index in [-0.39, 0.29) is 41.4 Å². The molecule has 4 unspecified atom stereocenters. The lowest BCUT2D eigenvalue weighted by molar-refractivity contribution is -0.385. The summed E-state index contributed by atoms with van der Waals surface area (Å²) in [6, 6.07) is 28.9. The zero-order chi connectivity index (χ0) is 105. The van der Waals surface area contributed by atoms with Crippen molar-refractivity contribution in [2.24, 2.45) is 118 Å². The van der Waals surface area contributed by atoms with Crippen LogP contribution in [0.25, 0.3) is 0 Å². The Morgan fingerprint density at radius 3 is 0.717 bits per heavy atom. The number of halogens is 4. The number of nitrogen functional groups attached to an aromatic ring is 3. The van der Waals surface area contributed by atoms with Gasteiger partial charge in [0.05, 0.1) is 178 Å². The summed E-state index contributed by atoms with van der Waals surface area (Å²) in [5.74, 6) is -37.6. The van der Waals surface area contributed by atoms with E-state index in [0.717, 1.165) is 49.8 Å². The maximum absolute atomic E-state index is 13.2. The Balaban J connectivity index is 0.000000353. The van der Waals surface area contributed by atoms with Crippen LogP contribution in [-0.4, -0.2) is 222 Å². The molecule has 12 rings (SSSR count). The number of nitrogens with zero attached hydrogens (tertiary/aromatic N) is 3. The lowest BCUT2D eigenvalue weighted by Crippen LogP contribution is -2.61. The Morgan fingerprint density at radius 2 is 0.507 bits per heavy atom. The Morgan fingerprint density at radius 1 is 0.319 bits per heavy atom. The number of aliphatic hydroxyl groups is 1. The van der Waals surface area contributed by atoms with Gasteiger partial charge in [0.15, 0.2) is 0 Å². The van der Waals surface area contributed by atoms with Gasteiger partial charge in [-0.3, -0.25) is 136 Å². The number of methoxy groups -OCH3 is 8. The fraction of sp³-hybridized carbons (Fsp3) is 0.388. The second-order valence-corrected chi connectivity index (χ2v) is 30.6. The summed E-state index contributed by atoms with van der Waals surface area (Å²) >= 11 is 19.6. The van der Waals surface area contributed by atoms with E-state index < -0.39 is 255 Å². The van der Waals surface area contributed by atoms with Gasteiger partial charge in [0, 0.05) is 96.6 Å². The van der Waals surface area contributed by atoms with Crippen molar-refractivity contribution in [3.05, 3.63) is 163 Å². The van der Waals surface area contributed by atoms with Gasteiger partial charge in [0.1, 0.15) is 11.6 Å². The van der Waals surface area contributed by atoms with Crippen molar-refractivity contribution in [1.82, 2.24) is 0 Å². The Labute approximate surface area is 798 Å². The van der Waals surface area contributed by atoms with Crippen LogP contribution in [0, 0.1) is 149 Å². The van der Waals surface area contributed by atoms with Crippen molar-refractivity contribution < 1.29 is 183 Å². The predicted molar refractivity (Wildman–Crippen MR) is 466 cm³/mol. The number of ketones is 2. The number of esters is 12. The Bertz CT molecular complexity index is 5040. The van der Waals surface area contributed by atoms with Crippen LogP contribution in [0.1, 0.15) is 25.0 Å². The van der Waals surface area contributed by atoms with Crippen LogP contribution in [0.3, 0.4) is 0 Å². The first-order valence-corrected chi connectivity index (χ1v) is 41.2. The molecule has 742 valence electrons. The molecule has 2 heterocycles. The van der Waals surface area contributed by atoms with Crippen LogP contribution in [0.2, 0.25) is 0 Å². The number of Topliss-reactive ketones (excluding diaryl/α,β-unsaturated/α-hetero) is 2. The van der Waals surface area contributed by atoms with E-state index >= 15 is 0 Å². The predicted octanol–water partition coefficient (Wildman–Crippen LogP) is 3.79. The third-order valence-corrected chi connectivity index (χ3v) is 23.1. The summed E-state index contributed by atoms with van der Waals surface area (Å²) in [7, 11) is 9.73. The SMILES string of the molecule is CC.CO.COC(=O)C1C(C(=O)Cc2ccc(N)cc2)C(C(=O)OC)C1C(=O)Nc1ccc(N)cc1.COC(=O)C1C(C(=O)Cc2ccc([N+](=O)[O-])cc2)C(C(=O)OC)C1C(=O)Nc1ccc([N+](=O)[O-])cc1.COC(=O)C1C(C(=O)Cl)C(C(=O)OC)C1C(=O)Cl.COC(=O)C1C(C(=O)O)C(C(=O)OC)C1C(=O)O.Nc1ccc([N+](=O)[O-])cc1.O=C(Cl)C(=O)Cl.O=C1OC(=O)C2C1C1C(=O)OC(=O)C21. The number of nitrogens with two attached hydrogens (primary N) is 3. The number of fused-ring (bicyclic) bond motifs is 4. The number of anilines is 5. The molecule has 0 aromatic heterocycles. The van der Waals surface area contributed by atoms with Gasteiger partial charge in [-0.1, -0.05) is 38.1 Å². The van der Waals surface area contributed by atoms with Crippen molar-refractivity contribution in [2.75, 3.05) is 91.8 Å². The minimum absolute atomic E-state index is 0.0295. The van der Waals surface area contributed by atoms with Crippen LogP contribution < -0.4 is 27.8 Å². The smallest absolute Gasteiger partial charge is 0.318 e. The highest BCUT2D eigenvalue weighted by atomic mass is 35.5. The summed E-state index contributed by atoms with van der Waals surface area (Å²) in [5, 5.41) is 57.7. The molecular weight excluding hydrogens is 1930 g/mol. The maximum atomic E-state index is 13.2. The van der Waals surface area contributed by atoms with Gasteiger partial charge in [-0.05, 0) is 118 Å². The Hall–Kier alpha value is -15.2. The molecule has 5 aliphatic carbocycles. The van der Waals surface area contributed by atoms with Crippen molar-refractivity contribution in [1.29, 1.82) is 0 Å². The number of hydrogen-bond acceptors (Lipinski definition) is 42. The van der Waals surface area contributed by atoms with E-state index in [1.54, 1.807) is 48.5 Å². The molecule has 0 spiro atoms. The Kier molecular flexibility index (Phi) is 43.8. The van der Waals surface area contributed by atoms with E-state index in [9.17, 15) is 136 Å². The number of ether oxygens (including phenoxy) is 10. The molecule has 0 radical (unpaired) electrons. The number of non-ortho nitro benzene ring substituents is 3. The summed E-state index contributed by atoms with van der Waals surface area (Å²) in [6.45, 7) is 4.00. The second kappa shape index (κ2) is 52.6. The summed E-state index contributed by atoms with van der Waals surface area (Å²) in [5.41, 5.74) is 19.6. The largest absolute Gasteiger partial charge is 0.481 e. The van der Waals surface area contributed by atoms with Crippen molar-refractivity contribution in [2.45, 2.75) is 26.7 Å². The molecule has 11 N–H and O–H groups in total. The zero-order valence-corrected chi connectivity index (χ0v) is 77.0.